The van der Waals surface area contributed by atoms with E-state index >= 15 is 0 Å². The maximum Gasteiger partial charge on any atom is 0.200 e. The fourth-order valence-electron chi connectivity index (χ4n) is 1.65. The quantitative estimate of drug-likeness (QED) is 0.246. The van der Waals surface area contributed by atoms with Gasteiger partial charge in [-0.2, -0.15) is 0 Å². The summed E-state index contributed by atoms with van der Waals surface area (Å²) in [5.74, 6) is -26.6. The molecule has 0 aliphatic carbocycles. The van der Waals surface area contributed by atoms with E-state index in [1.165, 1.54) is 0 Å². The van der Waals surface area contributed by atoms with Gasteiger partial charge >= 0.3 is 0 Å². The van der Waals surface area contributed by atoms with E-state index in [4.69, 9.17) is 0 Å². The lowest BCUT2D eigenvalue weighted by Crippen LogP contribution is -2.10. The Labute approximate surface area is 140 Å². The van der Waals surface area contributed by atoms with Gasteiger partial charge in [0.15, 0.2) is 46.5 Å². The zero-order valence-corrected chi connectivity index (χ0v) is 13.4. The van der Waals surface area contributed by atoms with Gasteiger partial charge in [0, 0.05) is 0 Å². The van der Waals surface area contributed by atoms with Crippen LogP contribution in [0, 0.1) is 58.2 Å². The summed E-state index contributed by atoms with van der Waals surface area (Å²) in [5, 5.41) is 0. The molecular formula is C14H6F11P. The molecule has 12 heteroatoms. The lowest BCUT2D eigenvalue weighted by Gasteiger charge is -2.11. The van der Waals surface area contributed by atoms with E-state index in [2.05, 4.69) is 0 Å². The smallest absolute Gasteiger partial charge is 0.200 e. The van der Waals surface area contributed by atoms with Gasteiger partial charge in [-0.1, -0.05) is 8.58 Å². The Balaban J connectivity index is 0.000000765. The van der Waals surface area contributed by atoms with Crippen molar-refractivity contribution in [2.24, 2.45) is 0 Å². The second-order valence-electron chi connectivity index (χ2n) is 4.38. The molecule has 0 aromatic heterocycles. The minimum absolute atomic E-state index is 0.153. The molecule has 144 valence electrons. The number of hydrogen-bond acceptors (Lipinski definition) is 0. The van der Waals surface area contributed by atoms with Crippen molar-refractivity contribution in [1.29, 1.82) is 0 Å². The Bertz CT molecular complexity index is 707. The van der Waals surface area contributed by atoms with Crippen molar-refractivity contribution in [3.63, 3.8) is 0 Å². The van der Waals surface area contributed by atoms with Gasteiger partial charge in [-0.25, -0.2) is 48.3 Å². The van der Waals surface area contributed by atoms with E-state index in [9.17, 15) is 48.3 Å². The molecule has 2 aromatic rings. The van der Waals surface area contributed by atoms with Gasteiger partial charge in [0.25, 0.3) is 0 Å². The first-order valence-corrected chi connectivity index (χ1v) is 7.97. The Morgan fingerprint density at radius 2 is 0.615 bits per heavy atom. The summed E-state index contributed by atoms with van der Waals surface area (Å²) < 4.78 is 142. The fourth-order valence-corrected chi connectivity index (χ4v) is 1.65. The van der Waals surface area contributed by atoms with Crippen LogP contribution in [0.15, 0.2) is 0 Å². The van der Waals surface area contributed by atoms with Crippen LogP contribution in [0.2, 0.25) is 0 Å². The molecule has 2 rings (SSSR count). The zero-order valence-electron chi connectivity index (χ0n) is 12.4. The molecule has 0 fully saturated rings. The number of rotatable bonds is 2. The van der Waals surface area contributed by atoms with Crippen molar-refractivity contribution in [2.45, 2.75) is 0 Å². The Kier molecular flexibility index (Phi) is 7.37. The molecule has 0 N–H and O–H groups in total. The highest BCUT2D eigenvalue weighted by Crippen LogP contribution is 2.37. The lowest BCUT2D eigenvalue weighted by atomic mass is 10.0. The minimum atomic E-state index is -2.68. The first-order chi connectivity index (χ1) is 12.0. The average molecular weight is 414 g/mol. The Morgan fingerprint density at radius 3 is 0.769 bits per heavy atom. The summed E-state index contributed by atoms with van der Waals surface area (Å²) in [6, 6.07) is 0. The van der Waals surface area contributed by atoms with Gasteiger partial charge in [0.1, 0.15) is 6.42 Å². The van der Waals surface area contributed by atoms with E-state index in [-0.39, 0.29) is 6.42 Å². The van der Waals surface area contributed by atoms with Crippen molar-refractivity contribution >= 4 is 8.58 Å². The zero-order chi connectivity index (χ0) is 20.3. The number of halogens is 11. The molecule has 0 spiro atoms. The third kappa shape index (κ3) is 3.77. The summed E-state index contributed by atoms with van der Waals surface area (Å²) in [7, 11) is 0.474. The number of hydrogen-bond donors (Lipinski definition) is 0. The normalized spacial score (nSPS) is 11.1. The van der Waals surface area contributed by atoms with Gasteiger partial charge in [-0.15, -0.1) is 0 Å². The van der Waals surface area contributed by atoms with Gasteiger partial charge in [-0.05, 0) is 6.66 Å². The van der Waals surface area contributed by atoms with Crippen LogP contribution in [0.3, 0.4) is 0 Å². The van der Waals surface area contributed by atoms with Crippen molar-refractivity contribution in [1.82, 2.24) is 0 Å². The van der Waals surface area contributed by atoms with Crippen molar-refractivity contribution in [2.75, 3.05) is 13.1 Å². The molecule has 0 bridgehead atoms. The van der Waals surface area contributed by atoms with Crippen molar-refractivity contribution < 1.29 is 48.3 Å². The number of benzene rings is 2. The SMILES string of the molecule is CPCF.Fc1c(F)c(F)c(-c2c(F)c(F)c(F)c(F)c2F)c(F)c1F. The molecule has 0 nitrogen and oxygen atoms in total. The number of alkyl halides is 1. The van der Waals surface area contributed by atoms with Crippen LogP contribution in [0.4, 0.5) is 48.3 Å². The van der Waals surface area contributed by atoms with Crippen LogP contribution in [-0.2, 0) is 0 Å². The highest BCUT2D eigenvalue weighted by atomic mass is 31.1. The second-order valence-corrected chi connectivity index (χ2v) is 5.35. The minimum Gasteiger partial charge on any atom is -0.246 e. The van der Waals surface area contributed by atoms with E-state index in [0.717, 1.165) is 0 Å². The molecule has 2 aromatic carbocycles. The molecular weight excluding hydrogens is 408 g/mol. The van der Waals surface area contributed by atoms with Crippen LogP contribution >= 0.6 is 8.58 Å². The molecule has 0 amide bonds. The van der Waals surface area contributed by atoms with Crippen LogP contribution in [0.25, 0.3) is 11.1 Å². The standard InChI is InChI=1S/C12F10.C2H6FP/c13-3-1(4(14)8(18)11(21)7(3)17)2-5(15)9(19)12(22)10(20)6(2)16;1-4-2-3/h;4H,2H2,1H3. The van der Waals surface area contributed by atoms with Gasteiger partial charge < -0.3 is 0 Å². The first-order valence-electron chi connectivity index (χ1n) is 6.26. The predicted molar refractivity (Wildman–Crippen MR) is 71.7 cm³/mol. The Hall–Kier alpha value is -1.90. The van der Waals surface area contributed by atoms with Gasteiger partial charge in [0.2, 0.25) is 11.6 Å². The first kappa shape index (κ1) is 22.1. The van der Waals surface area contributed by atoms with Crippen LogP contribution in [-0.4, -0.2) is 13.1 Å². The van der Waals surface area contributed by atoms with Crippen molar-refractivity contribution in [3.8, 4) is 11.1 Å². The summed E-state index contributed by atoms with van der Waals surface area (Å²) in [6.07, 6.45) is -0.153. The van der Waals surface area contributed by atoms with Crippen LogP contribution < -0.4 is 0 Å². The monoisotopic (exact) mass is 414 g/mol. The largest absolute Gasteiger partial charge is 0.246 e. The van der Waals surface area contributed by atoms with Crippen LogP contribution in [0.5, 0.6) is 0 Å². The molecule has 0 heterocycles. The highest BCUT2D eigenvalue weighted by molar-refractivity contribution is 7.36. The van der Waals surface area contributed by atoms with E-state index in [1.807, 2.05) is 6.66 Å². The molecule has 0 saturated heterocycles. The summed E-state index contributed by atoms with van der Waals surface area (Å²) in [4.78, 5) is 0. The maximum atomic E-state index is 13.4. The van der Waals surface area contributed by atoms with Crippen molar-refractivity contribution in [3.05, 3.63) is 58.2 Å². The molecule has 0 saturated carbocycles. The van der Waals surface area contributed by atoms with E-state index in [0.29, 0.717) is 8.58 Å². The third-order valence-electron chi connectivity index (χ3n) is 2.80. The molecule has 26 heavy (non-hydrogen) atoms. The predicted octanol–water partition coefficient (Wildman–Crippen LogP) is 5.97. The molecule has 1 unspecified atom stereocenters. The molecule has 0 radical (unpaired) electrons. The van der Waals surface area contributed by atoms with Gasteiger partial charge in [-0.3, -0.25) is 0 Å². The maximum absolute atomic E-state index is 13.4. The van der Waals surface area contributed by atoms with E-state index < -0.39 is 69.3 Å². The summed E-state index contributed by atoms with van der Waals surface area (Å²) in [6.45, 7) is 1.83. The van der Waals surface area contributed by atoms with Gasteiger partial charge in [0.05, 0.1) is 11.1 Å². The average Bonchev–Trinajstić information content (AvgIpc) is 2.64. The Morgan fingerprint density at radius 1 is 0.462 bits per heavy atom. The third-order valence-corrected chi connectivity index (χ3v) is 3.07. The van der Waals surface area contributed by atoms with E-state index in [1.54, 1.807) is 0 Å². The second kappa shape index (κ2) is 8.66. The molecule has 1 atom stereocenters. The summed E-state index contributed by atoms with van der Waals surface area (Å²) in [5.41, 5.74) is -4.52. The summed E-state index contributed by atoms with van der Waals surface area (Å²) >= 11 is 0. The highest BCUT2D eigenvalue weighted by Gasteiger charge is 2.34. The topological polar surface area (TPSA) is 0 Å². The lowest BCUT2D eigenvalue weighted by molar-refractivity contribution is 0.370. The molecule has 0 aliphatic heterocycles. The molecule has 0 aliphatic rings. The fraction of sp³-hybridized carbons (Fsp3) is 0.143. The van der Waals surface area contributed by atoms with Crippen LogP contribution in [0.1, 0.15) is 0 Å².